The predicted octanol–water partition coefficient (Wildman–Crippen LogP) is 1.98. The second-order valence-electron chi connectivity index (χ2n) is 2.78. The van der Waals surface area contributed by atoms with Crippen LogP contribution in [-0.4, -0.2) is 6.54 Å². The van der Waals surface area contributed by atoms with Crippen molar-refractivity contribution >= 4 is 0 Å². The molecule has 0 atom stereocenters. The summed E-state index contributed by atoms with van der Waals surface area (Å²) < 4.78 is 0. The van der Waals surface area contributed by atoms with Crippen LogP contribution in [0.5, 0.6) is 0 Å². The minimum absolute atomic E-state index is 0.962. The molecule has 0 aromatic carbocycles. The molecule has 0 amide bonds. The lowest BCUT2D eigenvalue weighted by molar-refractivity contribution is 0.726. The third-order valence-corrected chi connectivity index (χ3v) is 1.50. The summed E-state index contributed by atoms with van der Waals surface area (Å²) in [6.07, 6.45) is 6.50. The Morgan fingerprint density at radius 3 is 2.64 bits per heavy atom. The number of nitrogens with one attached hydrogen (secondary N) is 1. The van der Waals surface area contributed by atoms with Crippen LogP contribution < -0.4 is 11.1 Å². The maximum atomic E-state index is 5.67. The van der Waals surface area contributed by atoms with E-state index in [0.29, 0.717) is 0 Å². The van der Waals surface area contributed by atoms with Crippen molar-refractivity contribution in [1.29, 1.82) is 0 Å². The van der Waals surface area contributed by atoms with E-state index < -0.39 is 0 Å². The highest BCUT2D eigenvalue weighted by Gasteiger charge is 1.85. The molecule has 0 radical (unpaired) electrons. The van der Waals surface area contributed by atoms with Crippen LogP contribution in [0.4, 0.5) is 0 Å². The van der Waals surface area contributed by atoms with Crippen LogP contribution in [0.15, 0.2) is 11.9 Å². The Balaban J connectivity index is 3.24. The fourth-order valence-corrected chi connectivity index (χ4v) is 0.843. The molecule has 11 heavy (non-hydrogen) atoms. The number of nitrogens with two attached hydrogens (primary N) is 1. The molecule has 0 heterocycles. The second kappa shape index (κ2) is 7.45. The van der Waals surface area contributed by atoms with Gasteiger partial charge in [0.15, 0.2) is 0 Å². The maximum Gasteiger partial charge on any atom is 0.0240 e. The monoisotopic (exact) mass is 156 g/mol. The molecule has 0 aromatic heterocycles. The van der Waals surface area contributed by atoms with Gasteiger partial charge in [0.25, 0.3) is 0 Å². The quantitative estimate of drug-likeness (QED) is 0.577. The first-order chi connectivity index (χ1) is 5.31. The molecular weight excluding hydrogens is 136 g/mol. The molecule has 0 fully saturated rings. The minimum atomic E-state index is 0.962. The highest BCUT2D eigenvalue weighted by molar-refractivity contribution is 4.93. The zero-order valence-corrected chi connectivity index (χ0v) is 7.69. The number of rotatable bonds is 6. The summed E-state index contributed by atoms with van der Waals surface area (Å²) in [5, 5.41) is 3.18. The molecule has 0 aliphatic heterocycles. The number of allylic oxidation sites excluding steroid dienone is 1. The maximum absolute atomic E-state index is 5.67. The van der Waals surface area contributed by atoms with Gasteiger partial charge in [-0.1, -0.05) is 26.7 Å². The van der Waals surface area contributed by atoms with Crippen LogP contribution in [0.2, 0.25) is 0 Å². The van der Waals surface area contributed by atoms with E-state index in [9.17, 15) is 0 Å². The van der Waals surface area contributed by atoms with E-state index >= 15 is 0 Å². The highest BCUT2D eigenvalue weighted by atomic mass is 14.8. The van der Waals surface area contributed by atoms with E-state index in [4.69, 9.17) is 5.73 Å². The molecular formula is C9H20N2. The summed E-state index contributed by atoms with van der Waals surface area (Å²) in [6.45, 7) is 5.36. The molecule has 0 bridgehead atoms. The minimum Gasteiger partial charge on any atom is -0.401 e. The summed E-state index contributed by atoms with van der Waals surface area (Å²) in [5.41, 5.74) is 6.63. The summed E-state index contributed by atoms with van der Waals surface area (Å²) in [5.74, 6) is 0. The van der Waals surface area contributed by atoms with E-state index in [1.54, 1.807) is 0 Å². The summed E-state index contributed by atoms with van der Waals surface area (Å²) in [7, 11) is 0. The van der Waals surface area contributed by atoms with Crippen molar-refractivity contribution in [2.24, 2.45) is 5.73 Å². The van der Waals surface area contributed by atoms with Gasteiger partial charge in [0.2, 0.25) is 0 Å². The summed E-state index contributed by atoms with van der Waals surface area (Å²) in [4.78, 5) is 0. The van der Waals surface area contributed by atoms with Crippen molar-refractivity contribution in [2.45, 2.75) is 39.5 Å². The normalized spacial score (nSPS) is 11.6. The van der Waals surface area contributed by atoms with Gasteiger partial charge in [-0.2, -0.15) is 0 Å². The standard InChI is InChI=1S/C9H20N2/c1-3-5-7-11-8-9(10)6-4-2/h8,11H,3-7,10H2,1-2H3/b9-8-. The van der Waals surface area contributed by atoms with E-state index in [2.05, 4.69) is 19.2 Å². The molecule has 0 unspecified atom stereocenters. The van der Waals surface area contributed by atoms with Crippen molar-refractivity contribution < 1.29 is 0 Å². The third kappa shape index (κ3) is 7.23. The predicted molar refractivity (Wildman–Crippen MR) is 50.1 cm³/mol. The lowest BCUT2D eigenvalue weighted by atomic mass is 10.3. The fourth-order valence-electron chi connectivity index (χ4n) is 0.843. The van der Waals surface area contributed by atoms with Crippen LogP contribution in [0, 0.1) is 0 Å². The lowest BCUT2D eigenvalue weighted by Crippen LogP contribution is -2.10. The second-order valence-corrected chi connectivity index (χ2v) is 2.78. The van der Waals surface area contributed by atoms with Gasteiger partial charge < -0.3 is 11.1 Å². The van der Waals surface area contributed by atoms with Gasteiger partial charge in [-0.05, 0) is 12.8 Å². The number of hydrogen-bond donors (Lipinski definition) is 2. The number of hydrogen-bond acceptors (Lipinski definition) is 2. The Kier molecular flexibility index (Phi) is 7.00. The molecule has 2 nitrogen and oxygen atoms in total. The molecule has 66 valence electrons. The van der Waals surface area contributed by atoms with Crippen molar-refractivity contribution in [3.8, 4) is 0 Å². The van der Waals surface area contributed by atoms with Gasteiger partial charge in [0.05, 0.1) is 0 Å². The van der Waals surface area contributed by atoms with Crippen molar-refractivity contribution in [2.75, 3.05) is 6.54 Å². The van der Waals surface area contributed by atoms with Gasteiger partial charge in [-0.25, -0.2) is 0 Å². The summed E-state index contributed by atoms with van der Waals surface area (Å²) in [6, 6.07) is 0. The van der Waals surface area contributed by atoms with Crippen LogP contribution >= 0.6 is 0 Å². The van der Waals surface area contributed by atoms with Gasteiger partial charge >= 0.3 is 0 Å². The van der Waals surface area contributed by atoms with E-state index in [0.717, 1.165) is 25.1 Å². The van der Waals surface area contributed by atoms with Gasteiger partial charge in [-0.3, -0.25) is 0 Å². The first kappa shape index (κ1) is 10.3. The molecule has 0 spiro atoms. The van der Waals surface area contributed by atoms with E-state index in [-0.39, 0.29) is 0 Å². The molecule has 0 saturated heterocycles. The Labute approximate surface area is 69.9 Å². The van der Waals surface area contributed by atoms with Gasteiger partial charge in [0, 0.05) is 18.4 Å². The number of unbranched alkanes of at least 4 members (excludes halogenated alkanes) is 1. The van der Waals surface area contributed by atoms with Crippen LogP contribution in [-0.2, 0) is 0 Å². The molecule has 0 aromatic rings. The molecule has 0 rings (SSSR count). The van der Waals surface area contributed by atoms with E-state index in [1.165, 1.54) is 12.8 Å². The SMILES string of the molecule is CCCCN/C=C(\N)CCC. The van der Waals surface area contributed by atoms with Crippen molar-refractivity contribution in [3.63, 3.8) is 0 Å². The van der Waals surface area contributed by atoms with Crippen LogP contribution in [0.25, 0.3) is 0 Å². The average molecular weight is 156 g/mol. The Morgan fingerprint density at radius 2 is 2.09 bits per heavy atom. The zero-order chi connectivity index (χ0) is 8.53. The molecule has 2 heteroatoms. The van der Waals surface area contributed by atoms with Crippen LogP contribution in [0.1, 0.15) is 39.5 Å². The van der Waals surface area contributed by atoms with Gasteiger partial charge in [0.1, 0.15) is 0 Å². The first-order valence-corrected chi connectivity index (χ1v) is 4.49. The molecule has 0 aliphatic rings. The average Bonchev–Trinajstić information content (AvgIpc) is 1.99. The Hall–Kier alpha value is -0.660. The van der Waals surface area contributed by atoms with Crippen molar-refractivity contribution in [3.05, 3.63) is 11.9 Å². The Morgan fingerprint density at radius 1 is 1.36 bits per heavy atom. The smallest absolute Gasteiger partial charge is 0.0240 e. The molecule has 0 aliphatic carbocycles. The highest BCUT2D eigenvalue weighted by Crippen LogP contribution is 1.94. The summed E-state index contributed by atoms with van der Waals surface area (Å²) >= 11 is 0. The molecule has 3 N–H and O–H groups in total. The molecule has 0 saturated carbocycles. The Bertz CT molecular complexity index is 108. The fraction of sp³-hybridized carbons (Fsp3) is 0.778. The lowest BCUT2D eigenvalue weighted by Gasteiger charge is -2.01. The van der Waals surface area contributed by atoms with Crippen LogP contribution in [0.3, 0.4) is 0 Å². The largest absolute Gasteiger partial charge is 0.401 e. The zero-order valence-electron chi connectivity index (χ0n) is 7.69. The topological polar surface area (TPSA) is 38.0 Å². The van der Waals surface area contributed by atoms with E-state index in [1.807, 2.05) is 6.20 Å². The third-order valence-electron chi connectivity index (χ3n) is 1.50. The first-order valence-electron chi connectivity index (χ1n) is 4.49. The van der Waals surface area contributed by atoms with Crippen molar-refractivity contribution in [1.82, 2.24) is 5.32 Å². The van der Waals surface area contributed by atoms with Gasteiger partial charge in [-0.15, -0.1) is 0 Å².